The highest BCUT2D eigenvalue weighted by Gasteiger charge is 2.43. The number of hydrogen-bond acceptors (Lipinski definition) is 2. The number of rotatable bonds is 2. The van der Waals surface area contributed by atoms with E-state index in [9.17, 15) is 18.7 Å². The van der Waals surface area contributed by atoms with Crippen molar-refractivity contribution in [3.8, 4) is 0 Å². The highest BCUT2D eigenvalue weighted by Crippen LogP contribution is 2.33. The third-order valence-electron chi connectivity index (χ3n) is 2.89. The van der Waals surface area contributed by atoms with E-state index in [1.807, 2.05) is 0 Å². The third kappa shape index (κ3) is 1.73. The number of β-amino-alcohol motifs (C(OH)–C–C–N with tert-alkyl or cyclic N) is 1. The average Bonchev–Trinajstić information content (AvgIpc) is 2.88. The molecular weight excluding hydrogens is 192 g/mol. The average molecular weight is 205 g/mol. The maximum absolute atomic E-state index is 12.3. The van der Waals surface area contributed by atoms with Crippen LogP contribution < -0.4 is 0 Å². The molecule has 80 valence electrons. The molecule has 1 heterocycles. The van der Waals surface area contributed by atoms with Crippen molar-refractivity contribution in [3.05, 3.63) is 0 Å². The molecule has 0 bridgehead atoms. The van der Waals surface area contributed by atoms with Gasteiger partial charge in [-0.15, -0.1) is 0 Å². The molecular formula is C9H13F2NO2. The molecule has 14 heavy (non-hydrogen) atoms. The Bertz CT molecular complexity index is 243. The molecule has 2 atom stereocenters. The van der Waals surface area contributed by atoms with Gasteiger partial charge < -0.3 is 10.0 Å². The van der Waals surface area contributed by atoms with Crippen molar-refractivity contribution in [2.75, 3.05) is 13.1 Å². The number of aliphatic hydroxyl groups excluding tert-OH is 1. The second-order valence-corrected chi connectivity index (χ2v) is 4.08. The molecule has 1 saturated heterocycles. The quantitative estimate of drug-likeness (QED) is 0.712. The first-order chi connectivity index (χ1) is 6.59. The molecule has 1 N–H and O–H groups in total. The highest BCUT2D eigenvalue weighted by atomic mass is 19.3. The first kappa shape index (κ1) is 9.83. The first-order valence-electron chi connectivity index (χ1n) is 4.84. The molecule has 0 unspecified atom stereocenters. The van der Waals surface area contributed by atoms with Gasteiger partial charge in [-0.2, -0.15) is 0 Å². The molecule has 0 spiro atoms. The zero-order valence-electron chi connectivity index (χ0n) is 7.70. The van der Waals surface area contributed by atoms with Gasteiger partial charge in [0.25, 0.3) is 0 Å². The second kappa shape index (κ2) is 3.46. The third-order valence-corrected chi connectivity index (χ3v) is 2.89. The van der Waals surface area contributed by atoms with Crippen molar-refractivity contribution >= 4 is 5.91 Å². The standard InChI is InChI=1S/C9H13F2NO2/c10-8(11)6-3-12(4-7(6)13)9(14)5-1-2-5/h5-8,13H,1-4H2/t6-,7-/m1/s1. The minimum atomic E-state index is -2.54. The number of carbonyl (C=O) groups excluding carboxylic acids is 1. The number of amides is 1. The van der Waals surface area contributed by atoms with Gasteiger partial charge in [0.2, 0.25) is 12.3 Å². The van der Waals surface area contributed by atoms with Gasteiger partial charge in [0.05, 0.1) is 12.0 Å². The van der Waals surface area contributed by atoms with E-state index in [2.05, 4.69) is 0 Å². The molecule has 0 radical (unpaired) electrons. The molecule has 0 aromatic carbocycles. The molecule has 2 rings (SSSR count). The lowest BCUT2D eigenvalue weighted by Crippen LogP contribution is -2.30. The summed E-state index contributed by atoms with van der Waals surface area (Å²) in [4.78, 5) is 12.9. The van der Waals surface area contributed by atoms with Crippen LogP contribution >= 0.6 is 0 Å². The van der Waals surface area contributed by atoms with Gasteiger partial charge in [-0.25, -0.2) is 8.78 Å². The summed E-state index contributed by atoms with van der Waals surface area (Å²) in [7, 11) is 0. The minimum absolute atomic E-state index is 0.00810. The van der Waals surface area contributed by atoms with Crippen LogP contribution in [-0.4, -0.2) is 41.5 Å². The Morgan fingerprint density at radius 1 is 1.36 bits per heavy atom. The van der Waals surface area contributed by atoms with Gasteiger partial charge in [0.15, 0.2) is 0 Å². The number of alkyl halides is 2. The van der Waals surface area contributed by atoms with Crippen LogP contribution in [0.3, 0.4) is 0 Å². The first-order valence-corrected chi connectivity index (χ1v) is 4.84. The van der Waals surface area contributed by atoms with Crippen LogP contribution in [0, 0.1) is 11.8 Å². The summed E-state index contributed by atoms with van der Waals surface area (Å²) < 4.78 is 24.7. The van der Waals surface area contributed by atoms with Crippen molar-refractivity contribution in [2.45, 2.75) is 25.4 Å². The number of halogens is 2. The monoisotopic (exact) mass is 205 g/mol. The zero-order chi connectivity index (χ0) is 10.3. The molecule has 1 amide bonds. The number of likely N-dealkylation sites (tertiary alicyclic amines) is 1. The predicted octanol–water partition coefficient (Wildman–Crippen LogP) is 0.481. The number of nitrogens with zero attached hydrogens (tertiary/aromatic N) is 1. The van der Waals surface area contributed by atoms with Gasteiger partial charge in [0, 0.05) is 19.0 Å². The molecule has 3 nitrogen and oxygen atoms in total. The topological polar surface area (TPSA) is 40.5 Å². The number of hydrogen-bond donors (Lipinski definition) is 1. The Morgan fingerprint density at radius 3 is 2.43 bits per heavy atom. The van der Waals surface area contributed by atoms with Gasteiger partial charge in [-0.05, 0) is 12.8 Å². The molecule has 1 saturated carbocycles. The van der Waals surface area contributed by atoms with E-state index in [0.29, 0.717) is 0 Å². The molecule has 0 aromatic rings. The van der Waals surface area contributed by atoms with Crippen LogP contribution in [0.4, 0.5) is 8.78 Å². The van der Waals surface area contributed by atoms with E-state index in [4.69, 9.17) is 0 Å². The Morgan fingerprint density at radius 2 is 2.00 bits per heavy atom. The summed E-state index contributed by atoms with van der Waals surface area (Å²) in [5, 5.41) is 9.31. The summed E-state index contributed by atoms with van der Waals surface area (Å²) in [5.74, 6) is -1.08. The van der Waals surface area contributed by atoms with Crippen molar-refractivity contribution < 1.29 is 18.7 Å². The van der Waals surface area contributed by atoms with E-state index in [1.165, 1.54) is 4.90 Å². The predicted molar refractivity (Wildman–Crippen MR) is 44.8 cm³/mol. The van der Waals surface area contributed by atoms with Gasteiger partial charge in [-0.1, -0.05) is 0 Å². The number of carbonyl (C=O) groups is 1. The van der Waals surface area contributed by atoms with Crippen LogP contribution in [0.2, 0.25) is 0 Å². The van der Waals surface area contributed by atoms with Crippen molar-refractivity contribution in [1.29, 1.82) is 0 Å². The Kier molecular flexibility index (Phi) is 2.43. The molecule has 1 aliphatic heterocycles. The summed E-state index contributed by atoms with van der Waals surface area (Å²) in [6.45, 7) is 0.0819. The van der Waals surface area contributed by atoms with Crippen molar-refractivity contribution in [1.82, 2.24) is 4.90 Å². The van der Waals surface area contributed by atoms with E-state index in [1.54, 1.807) is 0 Å². The van der Waals surface area contributed by atoms with Crippen LogP contribution in [-0.2, 0) is 4.79 Å². The Balaban J connectivity index is 1.94. The lowest BCUT2D eigenvalue weighted by Gasteiger charge is -2.15. The largest absolute Gasteiger partial charge is 0.391 e. The van der Waals surface area contributed by atoms with Crippen LogP contribution in [0.15, 0.2) is 0 Å². The minimum Gasteiger partial charge on any atom is -0.391 e. The summed E-state index contributed by atoms with van der Waals surface area (Å²) >= 11 is 0. The fourth-order valence-corrected chi connectivity index (χ4v) is 1.83. The zero-order valence-corrected chi connectivity index (χ0v) is 7.70. The molecule has 0 aromatic heterocycles. The summed E-state index contributed by atoms with van der Waals surface area (Å²) in [6.07, 6.45) is -1.87. The fraction of sp³-hybridized carbons (Fsp3) is 0.889. The molecule has 2 fully saturated rings. The smallest absolute Gasteiger partial charge is 0.245 e. The van der Waals surface area contributed by atoms with Gasteiger partial charge in [-0.3, -0.25) is 4.79 Å². The lowest BCUT2D eigenvalue weighted by atomic mass is 10.1. The Hall–Kier alpha value is -0.710. The SMILES string of the molecule is O=C(C1CC1)N1C[C@@H](O)[C@H](C(F)F)C1. The van der Waals surface area contributed by atoms with Crippen molar-refractivity contribution in [2.24, 2.45) is 11.8 Å². The number of aliphatic hydroxyl groups is 1. The van der Waals surface area contributed by atoms with Gasteiger partial charge in [0.1, 0.15) is 0 Å². The fourth-order valence-electron chi connectivity index (χ4n) is 1.83. The molecule has 2 aliphatic rings. The maximum atomic E-state index is 12.3. The van der Waals surface area contributed by atoms with E-state index in [-0.39, 0.29) is 24.9 Å². The molecule has 1 aliphatic carbocycles. The van der Waals surface area contributed by atoms with Crippen molar-refractivity contribution in [3.63, 3.8) is 0 Å². The Labute approximate surface area is 80.7 Å². The van der Waals surface area contributed by atoms with Gasteiger partial charge >= 0.3 is 0 Å². The molecule has 5 heteroatoms. The second-order valence-electron chi connectivity index (χ2n) is 4.08. The summed E-state index contributed by atoms with van der Waals surface area (Å²) in [5.41, 5.74) is 0. The summed E-state index contributed by atoms with van der Waals surface area (Å²) in [6, 6.07) is 0. The van der Waals surface area contributed by atoms with E-state index in [0.717, 1.165) is 12.8 Å². The van der Waals surface area contributed by atoms with Crippen LogP contribution in [0.25, 0.3) is 0 Å². The maximum Gasteiger partial charge on any atom is 0.245 e. The lowest BCUT2D eigenvalue weighted by molar-refractivity contribution is -0.132. The van der Waals surface area contributed by atoms with Crippen LogP contribution in [0.5, 0.6) is 0 Å². The van der Waals surface area contributed by atoms with E-state index < -0.39 is 18.4 Å². The van der Waals surface area contributed by atoms with E-state index >= 15 is 0 Å². The van der Waals surface area contributed by atoms with Crippen LogP contribution in [0.1, 0.15) is 12.8 Å². The highest BCUT2D eigenvalue weighted by molar-refractivity contribution is 5.81. The normalized spacial score (nSPS) is 32.7.